The van der Waals surface area contributed by atoms with E-state index in [1.54, 1.807) is 7.11 Å². The van der Waals surface area contributed by atoms with Crippen molar-refractivity contribution >= 4 is 34.1 Å². The number of rotatable bonds is 6. The number of benzene rings is 1. The normalized spacial score (nSPS) is 15.5. The molecule has 0 unspecified atom stereocenters. The van der Waals surface area contributed by atoms with Crippen LogP contribution in [0.1, 0.15) is 0 Å². The average Bonchev–Trinajstić information content (AvgIpc) is 2.62. The molecule has 0 bridgehead atoms. The number of anilines is 1. The highest BCUT2D eigenvalue weighted by Gasteiger charge is 2.20. The van der Waals surface area contributed by atoms with Crippen molar-refractivity contribution in [2.24, 2.45) is 0 Å². The van der Waals surface area contributed by atoms with Crippen LogP contribution >= 0.6 is 11.6 Å². The predicted molar refractivity (Wildman–Crippen MR) is 100 cm³/mol. The molecule has 1 amide bonds. The van der Waals surface area contributed by atoms with Crippen LogP contribution in [0.25, 0.3) is 10.9 Å². The lowest BCUT2D eigenvalue weighted by molar-refractivity contribution is -0.122. The summed E-state index contributed by atoms with van der Waals surface area (Å²) in [6.45, 7) is 5.01. The van der Waals surface area contributed by atoms with E-state index in [1.165, 1.54) is 5.69 Å². The molecule has 1 aliphatic heterocycles. The first-order chi connectivity index (χ1) is 12.2. The fraction of sp³-hybridized carbons (Fsp3) is 0.444. The molecule has 1 N–H and O–H groups in total. The van der Waals surface area contributed by atoms with E-state index in [9.17, 15) is 4.79 Å². The molecule has 7 heteroatoms. The van der Waals surface area contributed by atoms with Crippen molar-refractivity contribution in [1.82, 2.24) is 15.2 Å². The summed E-state index contributed by atoms with van der Waals surface area (Å²) >= 11 is 6.06. The number of nitrogens with zero attached hydrogens (tertiary/aromatic N) is 3. The Balaban J connectivity index is 1.58. The number of aromatic nitrogens is 1. The molecule has 0 radical (unpaired) electrons. The Morgan fingerprint density at radius 2 is 2.08 bits per heavy atom. The summed E-state index contributed by atoms with van der Waals surface area (Å²) in [5.41, 5.74) is 2.08. The monoisotopic (exact) mass is 362 g/mol. The number of halogens is 1. The number of nitrogens with one attached hydrogen (secondary N) is 1. The second-order valence-electron chi connectivity index (χ2n) is 6.10. The van der Waals surface area contributed by atoms with Crippen molar-refractivity contribution in [2.75, 3.05) is 57.9 Å². The van der Waals surface area contributed by atoms with Crippen LogP contribution in [0.15, 0.2) is 30.5 Å². The van der Waals surface area contributed by atoms with E-state index in [-0.39, 0.29) is 5.91 Å². The Hall–Kier alpha value is -1.89. The van der Waals surface area contributed by atoms with Gasteiger partial charge in [0.1, 0.15) is 0 Å². The van der Waals surface area contributed by atoms with Crippen LogP contribution in [0, 0.1) is 0 Å². The number of amides is 1. The molecular formula is C18H23ClN4O2. The number of hydrogen-bond donors (Lipinski definition) is 1. The Bertz CT molecular complexity index is 732. The van der Waals surface area contributed by atoms with Gasteiger partial charge >= 0.3 is 0 Å². The quantitative estimate of drug-likeness (QED) is 0.794. The summed E-state index contributed by atoms with van der Waals surface area (Å²) in [6.07, 6.45) is 1.82. The van der Waals surface area contributed by atoms with Gasteiger partial charge in [-0.3, -0.25) is 14.7 Å². The highest BCUT2D eigenvalue weighted by atomic mass is 35.5. The molecule has 1 saturated heterocycles. The Labute approximate surface area is 152 Å². The maximum atomic E-state index is 11.9. The number of pyridine rings is 1. The second kappa shape index (κ2) is 8.47. The molecule has 3 rings (SSSR count). The van der Waals surface area contributed by atoms with Gasteiger partial charge in [-0.15, -0.1) is 0 Å². The van der Waals surface area contributed by atoms with E-state index in [2.05, 4.69) is 20.1 Å². The molecule has 0 aliphatic carbocycles. The van der Waals surface area contributed by atoms with Gasteiger partial charge in [0.25, 0.3) is 0 Å². The fourth-order valence-corrected chi connectivity index (χ4v) is 3.25. The minimum atomic E-state index is 0.0505. The number of hydrogen-bond acceptors (Lipinski definition) is 5. The molecule has 134 valence electrons. The van der Waals surface area contributed by atoms with Gasteiger partial charge in [0.15, 0.2) is 0 Å². The zero-order chi connectivity index (χ0) is 17.6. The van der Waals surface area contributed by atoms with Crippen LogP contribution in [0.4, 0.5) is 5.69 Å². The van der Waals surface area contributed by atoms with Gasteiger partial charge in [0.05, 0.1) is 18.7 Å². The molecule has 1 aromatic carbocycles. The first kappa shape index (κ1) is 17.9. The van der Waals surface area contributed by atoms with E-state index < -0.39 is 0 Å². The van der Waals surface area contributed by atoms with Gasteiger partial charge < -0.3 is 15.0 Å². The van der Waals surface area contributed by atoms with Crippen LogP contribution in [0.5, 0.6) is 0 Å². The number of ether oxygens (including phenoxy) is 1. The molecule has 1 aromatic heterocycles. The fourth-order valence-electron chi connectivity index (χ4n) is 3.08. The summed E-state index contributed by atoms with van der Waals surface area (Å²) in [5.74, 6) is 0.0505. The smallest absolute Gasteiger partial charge is 0.234 e. The third kappa shape index (κ3) is 4.60. The Morgan fingerprint density at radius 1 is 1.28 bits per heavy atom. The van der Waals surface area contributed by atoms with Crippen molar-refractivity contribution in [3.63, 3.8) is 0 Å². The number of carbonyl (C=O) groups is 1. The summed E-state index contributed by atoms with van der Waals surface area (Å²) in [5, 5.41) is 4.67. The van der Waals surface area contributed by atoms with Gasteiger partial charge in [-0.25, -0.2) is 0 Å². The zero-order valence-electron chi connectivity index (χ0n) is 14.4. The molecule has 25 heavy (non-hydrogen) atoms. The van der Waals surface area contributed by atoms with Gasteiger partial charge in [-0.05, 0) is 24.3 Å². The van der Waals surface area contributed by atoms with Crippen LogP contribution < -0.4 is 10.2 Å². The van der Waals surface area contributed by atoms with Gasteiger partial charge in [0, 0.05) is 62.1 Å². The van der Waals surface area contributed by atoms with Crippen LogP contribution in [-0.2, 0) is 9.53 Å². The lowest BCUT2D eigenvalue weighted by Crippen LogP contribution is -2.49. The van der Waals surface area contributed by atoms with E-state index in [0.717, 1.165) is 37.1 Å². The lowest BCUT2D eigenvalue weighted by atomic mass is 10.1. The number of fused-ring (bicyclic) bond motifs is 1. The molecule has 0 atom stereocenters. The molecular weight excluding hydrogens is 340 g/mol. The molecule has 1 aliphatic rings. The number of piperazine rings is 1. The third-order valence-electron chi connectivity index (χ3n) is 4.39. The molecule has 1 fully saturated rings. The SMILES string of the molecule is COCCNC(=O)CN1CCN(c2ccnc3cc(Cl)ccc23)CC1. The van der Waals surface area contributed by atoms with Crippen LogP contribution in [0.2, 0.25) is 5.02 Å². The minimum Gasteiger partial charge on any atom is -0.383 e. The lowest BCUT2D eigenvalue weighted by Gasteiger charge is -2.36. The molecule has 2 heterocycles. The highest BCUT2D eigenvalue weighted by Crippen LogP contribution is 2.28. The highest BCUT2D eigenvalue weighted by molar-refractivity contribution is 6.31. The van der Waals surface area contributed by atoms with Gasteiger partial charge in [-0.1, -0.05) is 11.6 Å². The van der Waals surface area contributed by atoms with Crippen molar-refractivity contribution < 1.29 is 9.53 Å². The predicted octanol–water partition coefficient (Wildman–Crippen LogP) is 1.77. The van der Waals surface area contributed by atoms with E-state index in [1.807, 2.05) is 30.5 Å². The largest absolute Gasteiger partial charge is 0.383 e. The minimum absolute atomic E-state index is 0.0505. The van der Waals surface area contributed by atoms with E-state index in [4.69, 9.17) is 16.3 Å². The van der Waals surface area contributed by atoms with E-state index in [0.29, 0.717) is 24.7 Å². The molecule has 6 nitrogen and oxygen atoms in total. The number of methoxy groups -OCH3 is 1. The van der Waals surface area contributed by atoms with E-state index >= 15 is 0 Å². The first-order valence-electron chi connectivity index (χ1n) is 8.44. The standard InChI is InChI=1S/C18H23ClN4O2/c1-25-11-6-21-18(24)13-22-7-9-23(10-8-22)17-4-5-20-16-12-14(19)2-3-15(16)17/h2-5,12H,6-11,13H2,1H3,(H,21,24). The molecule has 0 spiro atoms. The first-order valence-corrected chi connectivity index (χ1v) is 8.82. The molecule has 2 aromatic rings. The second-order valence-corrected chi connectivity index (χ2v) is 6.53. The Morgan fingerprint density at radius 3 is 2.84 bits per heavy atom. The number of carbonyl (C=O) groups excluding carboxylic acids is 1. The summed E-state index contributed by atoms with van der Waals surface area (Å²) in [7, 11) is 1.63. The summed E-state index contributed by atoms with van der Waals surface area (Å²) < 4.78 is 4.94. The zero-order valence-corrected chi connectivity index (χ0v) is 15.1. The third-order valence-corrected chi connectivity index (χ3v) is 4.63. The van der Waals surface area contributed by atoms with Crippen molar-refractivity contribution in [2.45, 2.75) is 0 Å². The van der Waals surface area contributed by atoms with Crippen LogP contribution in [0.3, 0.4) is 0 Å². The van der Waals surface area contributed by atoms with Gasteiger partial charge in [-0.2, -0.15) is 0 Å². The maximum Gasteiger partial charge on any atom is 0.234 e. The van der Waals surface area contributed by atoms with Crippen molar-refractivity contribution in [3.05, 3.63) is 35.5 Å². The van der Waals surface area contributed by atoms with Crippen LogP contribution in [-0.4, -0.2) is 68.8 Å². The maximum absolute atomic E-state index is 11.9. The average molecular weight is 363 g/mol. The summed E-state index contributed by atoms with van der Waals surface area (Å²) in [6, 6.07) is 7.86. The van der Waals surface area contributed by atoms with Gasteiger partial charge in [0.2, 0.25) is 5.91 Å². The Kier molecular flexibility index (Phi) is 6.07. The summed E-state index contributed by atoms with van der Waals surface area (Å²) in [4.78, 5) is 20.8. The van der Waals surface area contributed by atoms with Crippen molar-refractivity contribution in [1.29, 1.82) is 0 Å². The molecule has 0 saturated carbocycles. The van der Waals surface area contributed by atoms with Crippen molar-refractivity contribution in [3.8, 4) is 0 Å². The topological polar surface area (TPSA) is 57.7 Å².